The third kappa shape index (κ3) is 7.07. The van der Waals surface area contributed by atoms with E-state index in [0.717, 1.165) is 29.2 Å². The van der Waals surface area contributed by atoms with Gasteiger partial charge < -0.3 is 33.9 Å². The van der Waals surface area contributed by atoms with Crippen LogP contribution in [0.3, 0.4) is 0 Å². The van der Waals surface area contributed by atoms with Crippen LogP contribution in [0.5, 0.6) is 17.2 Å². The largest absolute Gasteiger partial charge is 0.506 e. The van der Waals surface area contributed by atoms with Crippen LogP contribution in [0.2, 0.25) is 5.02 Å². The highest BCUT2D eigenvalue weighted by Crippen LogP contribution is 2.36. The van der Waals surface area contributed by atoms with Gasteiger partial charge in [-0.3, -0.25) is 19.2 Å². The van der Waals surface area contributed by atoms with Gasteiger partial charge in [-0.2, -0.15) is 13.2 Å². The van der Waals surface area contributed by atoms with Crippen molar-refractivity contribution in [3.63, 3.8) is 0 Å². The van der Waals surface area contributed by atoms with Crippen molar-refractivity contribution in [3.05, 3.63) is 133 Å². The zero-order chi connectivity index (χ0) is 39.6. The van der Waals surface area contributed by atoms with E-state index in [-0.39, 0.29) is 33.2 Å². The minimum atomic E-state index is -4.51. The number of methoxy groups -OCH3 is 1. The zero-order valence-electron chi connectivity index (χ0n) is 29.6. The lowest BCUT2D eigenvalue weighted by Crippen LogP contribution is -2.36. The zero-order valence-corrected chi connectivity index (χ0v) is 30.4. The Balaban J connectivity index is 0.000000210. The van der Waals surface area contributed by atoms with Crippen molar-refractivity contribution in [2.75, 3.05) is 30.5 Å². The summed E-state index contributed by atoms with van der Waals surface area (Å²) in [6.07, 6.45) is -4.51. The molecule has 0 fully saturated rings. The Morgan fingerprint density at radius 2 is 1.26 bits per heavy atom. The summed E-state index contributed by atoms with van der Waals surface area (Å²) in [6, 6.07) is 22.7. The van der Waals surface area contributed by atoms with Crippen molar-refractivity contribution >= 4 is 56.6 Å². The van der Waals surface area contributed by atoms with Crippen molar-refractivity contribution < 1.29 is 37.7 Å². The van der Waals surface area contributed by atoms with Gasteiger partial charge in [-0.05, 0) is 67.6 Å². The Morgan fingerprint density at radius 3 is 1.80 bits per heavy atom. The number of rotatable bonds is 6. The molecule has 280 valence electrons. The third-order valence-corrected chi connectivity index (χ3v) is 9.18. The molecule has 0 saturated carbocycles. The Labute approximate surface area is 311 Å². The van der Waals surface area contributed by atoms with Crippen LogP contribution in [0.15, 0.2) is 101 Å². The Bertz CT molecular complexity index is 2520. The number of amides is 2. The number of anilines is 2. The molecule has 0 aliphatic rings. The molecule has 0 bridgehead atoms. The predicted octanol–water partition coefficient (Wildman–Crippen LogP) is 7.11. The number of alkyl halides is 3. The molecule has 0 radical (unpaired) electrons. The number of hydrogen-bond donors (Lipinski definition) is 2. The molecule has 4 aromatic carbocycles. The molecule has 2 amide bonds. The number of para-hydroxylation sites is 1. The number of hydrogen-bond acceptors (Lipinski definition) is 7. The SMILES string of the molecule is CCN(C(=O)c1c(O)c2c(Cl)cccc2n(C)c1=O)c1ccccc1.COc1cccc2c1c(O)c(C(=O)N(C)c1ccc(C(F)(F)F)cc1)c(=O)n2C. The number of carbonyl (C=O) groups is 2. The number of halogens is 4. The minimum absolute atomic E-state index is 0.129. The summed E-state index contributed by atoms with van der Waals surface area (Å²) >= 11 is 6.19. The molecule has 0 atom stereocenters. The van der Waals surface area contributed by atoms with Gasteiger partial charge in [-0.15, -0.1) is 0 Å². The minimum Gasteiger partial charge on any atom is -0.506 e. The van der Waals surface area contributed by atoms with Crippen LogP contribution in [-0.2, 0) is 20.3 Å². The van der Waals surface area contributed by atoms with E-state index in [4.69, 9.17) is 16.3 Å². The van der Waals surface area contributed by atoms with Gasteiger partial charge in [-0.1, -0.05) is 41.9 Å². The summed E-state index contributed by atoms with van der Waals surface area (Å²) in [4.78, 5) is 53.9. The fraction of sp³-hybridized carbons (Fsp3) is 0.179. The number of aromatic hydroxyl groups is 2. The first-order chi connectivity index (χ1) is 25.5. The highest BCUT2D eigenvalue weighted by atomic mass is 35.5. The van der Waals surface area contributed by atoms with Crippen LogP contribution < -0.4 is 25.7 Å². The molecule has 15 heteroatoms. The summed E-state index contributed by atoms with van der Waals surface area (Å²) in [5, 5.41) is 22.1. The molecule has 0 aliphatic carbocycles. The van der Waals surface area contributed by atoms with Crippen molar-refractivity contribution in [1.82, 2.24) is 9.13 Å². The molecule has 54 heavy (non-hydrogen) atoms. The second-order valence-corrected chi connectivity index (χ2v) is 12.4. The molecule has 2 heterocycles. The number of benzene rings is 4. The third-order valence-electron chi connectivity index (χ3n) is 8.87. The van der Waals surface area contributed by atoms with Crippen LogP contribution in [0.1, 0.15) is 33.2 Å². The number of ether oxygens (including phenoxy) is 1. The fourth-order valence-electron chi connectivity index (χ4n) is 5.97. The van der Waals surface area contributed by atoms with Crippen molar-refractivity contribution in [1.29, 1.82) is 0 Å². The fourth-order valence-corrected chi connectivity index (χ4v) is 6.23. The van der Waals surface area contributed by atoms with Gasteiger partial charge in [0, 0.05) is 39.1 Å². The van der Waals surface area contributed by atoms with E-state index in [1.165, 1.54) is 35.2 Å². The number of nitrogens with zero attached hydrogens (tertiary/aromatic N) is 4. The topological polar surface area (TPSA) is 134 Å². The molecular formula is C39H34ClF3N4O7. The molecule has 6 rings (SSSR count). The number of pyridine rings is 2. The van der Waals surface area contributed by atoms with Gasteiger partial charge >= 0.3 is 6.18 Å². The Hall–Kier alpha value is -6.28. The second-order valence-electron chi connectivity index (χ2n) is 12.0. The van der Waals surface area contributed by atoms with Gasteiger partial charge in [0.25, 0.3) is 22.9 Å². The standard InChI is InChI=1S/C20H17F3N2O4.C19H17ClN2O3/c1-24(12-9-7-11(8-10-12)20(21,22)23)18(27)16-17(26)15-13(25(2)19(16)28)5-4-6-14(15)29-3;1-3-22(12-8-5-4-6-9-12)19(25)16-17(23)15-13(20)10-7-11-14(15)21(2)18(16)24/h4-10,26H,1-3H3;4-11,23H,3H2,1-2H3. The van der Waals surface area contributed by atoms with Crippen LogP contribution >= 0.6 is 11.6 Å². The first kappa shape index (κ1) is 38.9. The first-order valence-corrected chi connectivity index (χ1v) is 16.6. The molecule has 0 aliphatic heterocycles. The molecular weight excluding hydrogens is 729 g/mol. The summed E-state index contributed by atoms with van der Waals surface area (Å²) < 4.78 is 46.0. The monoisotopic (exact) mass is 762 g/mol. The smallest absolute Gasteiger partial charge is 0.416 e. The van der Waals surface area contributed by atoms with Crippen LogP contribution in [0, 0.1) is 0 Å². The average Bonchev–Trinajstić information content (AvgIpc) is 3.16. The van der Waals surface area contributed by atoms with Crippen LogP contribution in [-0.4, -0.2) is 51.9 Å². The second kappa shape index (κ2) is 15.4. The molecule has 0 saturated heterocycles. The average molecular weight is 763 g/mol. The molecule has 2 N–H and O–H groups in total. The van der Waals surface area contributed by atoms with E-state index in [9.17, 15) is 42.6 Å². The van der Waals surface area contributed by atoms with E-state index in [1.807, 2.05) is 6.07 Å². The molecule has 11 nitrogen and oxygen atoms in total. The summed E-state index contributed by atoms with van der Waals surface area (Å²) in [5.74, 6) is -2.10. The van der Waals surface area contributed by atoms with E-state index in [0.29, 0.717) is 28.7 Å². The van der Waals surface area contributed by atoms with E-state index in [2.05, 4.69) is 0 Å². The Kier molecular flexibility index (Phi) is 11.1. The van der Waals surface area contributed by atoms with Gasteiger partial charge in [0.2, 0.25) is 0 Å². The quantitative estimate of drug-likeness (QED) is 0.185. The first-order valence-electron chi connectivity index (χ1n) is 16.3. The summed E-state index contributed by atoms with van der Waals surface area (Å²) in [6.45, 7) is 2.16. The lowest BCUT2D eigenvalue weighted by molar-refractivity contribution is -0.137. The number of fused-ring (bicyclic) bond motifs is 2. The molecule has 0 unspecified atom stereocenters. The Morgan fingerprint density at radius 1 is 0.741 bits per heavy atom. The number of aromatic nitrogens is 2. The summed E-state index contributed by atoms with van der Waals surface area (Å²) in [5.41, 5.74) is -1.36. The van der Waals surface area contributed by atoms with Crippen molar-refractivity contribution in [2.24, 2.45) is 14.1 Å². The van der Waals surface area contributed by atoms with E-state index in [1.54, 1.807) is 74.6 Å². The number of carbonyl (C=O) groups excluding carboxylic acids is 2. The predicted molar refractivity (Wildman–Crippen MR) is 201 cm³/mol. The summed E-state index contributed by atoms with van der Waals surface area (Å²) in [7, 11) is 5.68. The van der Waals surface area contributed by atoms with Crippen LogP contribution in [0.4, 0.5) is 24.5 Å². The van der Waals surface area contributed by atoms with Crippen molar-refractivity contribution in [3.8, 4) is 17.2 Å². The number of aryl methyl sites for hydroxylation is 2. The van der Waals surface area contributed by atoms with E-state index >= 15 is 0 Å². The molecule has 2 aromatic heterocycles. The molecule has 6 aromatic rings. The van der Waals surface area contributed by atoms with Gasteiger partial charge in [-0.25, -0.2) is 0 Å². The van der Waals surface area contributed by atoms with Gasteiger partial charge in [0.05, 0.1) is 39.5 Å². The normalized spacial score (nSPS) is 11.2. The van der Waals surface area contributed by atoms with Gasteiger partial charge in [0.15, 0.2) is 0 Å². The maximum atomic E-state index is 13.0. The lowest BCUT2D eigenvalue weighted by atomic mass is 10.1. The molecule has 0 spiro atoms. The highest BCUT2D eigenvalue weighted by molar-refractivity contribution is 6.36. The maximum absolute atomic E-state index is 13.0. The van der Waals surface area contributed by atoms with Crippen LogP contribution in [0.25, 0.3) is 21.8 Å². The lowest BCUT2D eigenvalue weighted by Gasteiger charge is -2.22. The van der Waals surface area contributed by atoms with Gasteiger partial charge in [0.1, 0.15) is 28.4 Å². The highest BCUT2D eigenvalue weighted by Gasteiger charge is 2.31. The van der Waals surface area contributed by atoms with E-state index < -0.39 is 46.0 Å². The maximum Gasteiger partial charge on any atom is 0.416 e. The van der Waals surface area contributed by atoms with Crippen molar-refractivity contribution in [2.45, 2.75) is 13.1 Å².